The Balaban J connectivity index is 1.96. The molecule has 5 nitrogen and oxygen atoms in total. The van der Waals surface area contributed by atoms with Gasteiger partial charge in [0.15, 0.2) is 0 Å². The number of hydrogen-bond donors (Lipinski definition) is 2. The summed E-state index contributed by atoms with van der Waals surface area (Å²) in [5.74, 6) is -0.635. The van der Waals surface area contributed by atoms with Crippen LogP contribution in [0.1, 0.15) is 29.6 Å². The van der Waals surface area contributed by atoms with E-state index in [1.165, 1.54) is 6.42 Å². The van der Waals surface area contributed by atoms with Crippen LogP contribution in [0.15, 0.2) is 24.3 Å². The first-order valence-electron chi connectivity index (χ1n) is 6.58. The van der Waals surface area contributed by atoms with Crippen LogP contribution in [-0.4, -0.2) is 36.3 Å². The van der Waals surface area contributed by atoms with E-state index in [1.807, 2.05) is 0 Å². The third kappa shape index (κ3) is 3.79. The minimum atomic E-state index is -0.533. The molecule has 0 aromatic heterocycles. The Hall–Kier alpha value is -1.88. The first-order chi connectivity index (χ1) is 9.16. The number of anilines is 1. The van der Waals surface area contributed by atoms with Gasteiger partial charge in [-0.3, -0.25) is 14.5 Å². The minimum absolute atomic E-state index is 0.101. The molecule has 0 saturated carbocycles. The summed E-state index contributed by atoms with van der Waals surface area (Å²) in [5.41, 5.74) is 6.10. The Morgan fingerprint density at radius 3 is 2.53 bits per heavy atom. The van der Waals surface area contributed by atoms with Crippen LogP contribution in [0.5, 0.6) is 0 Å². The van der Waals surface area contributed by atoms with Crippen molar-refractivity contribution in [1.29, 1.82) is 0 Å². The largest absolute Gasteiger partial charge is 0.366 e. The number of likely N-dealkylation sites (tertiary alicyclic amines) is 1. The van der Waals surface area contributed by atoms with Crippen LogP contribution in [0.2, 0.25) is 0 Å². The van der Waals surface area contributed by atoms with Crippen molar-refractivity contribution in [2.45, 2.75) is 19.3 Å². The summed E-state index contributed by atoms with van der Waals surface area (Å²) in [6, 6.07) is 6.79. The predicted octanol–water partition coefficient (Wildman–Crippen LogP) is 1.21. The summed E-state index contributed by atoms with van der Waals surface area (Å²) in [5, 5.41) is 2.76. The number of carbonyl (C=O) groups excluding carboxylic acids is 2. The fourth-order valence-electron chi connectivity index (χ4n) is 2.32. The Labute approximate surface area is 112 Å². The van der Waals surface area contributed by atoms with Crippen LogP contribution < -0.4 is 11.1 Å². The van der Waals surface area contributed by atoms with Gasteiger partial charge in [0, 0.05) is 0 Å². The van der Waals surface area contributed by atoms with E-state index in [4.69, 9.17) is 5.73 Å². The van der Waals surface area contributed by atoms with Gasteiger partial charge in [0.25, 0.3) is 5.91 Å². The molecule has 19 heavy (non-hydrogen) atoms. The maximum Gasteiger partial charge on any atom is 0.250 e. The zero-order chi connectivity index (χ0) is 13.7. The molecule has 2 amide bonds. The monoisotopic (exact) mass is 261 g/mol. The second kappa shape index (κ2) is 6.33. The normalized spacial score (nSPS) is 16.0. The van der Waals surface area contributed by atoms with E-state index in [-0.39, 0.29) is 5.91 Å². The van der Waals surface area contributed by atoms with E-state index < -0.39 is 5.91 Å². The molecule has 1 aromatic rings. The predicted molar refractivity (Wildman–Crippen MR) is 73.9 cm³/mol. The zero-order valence-corrected chi connectivity index (χ0v) is 10.9. The zero-order valence-electron chi connectivity index (χ0n) is 10.9. The average molecular weight is 261 g/mol. The first kappa shape index (κ1) is 13.5. The van der Waals surface area contributed by atoms with Gasteiger partial charge in [0.2, 0.25) is 5.91 Å². The van der Waals surface area contributed by atoms with Crippen molar-refractivity contribution in [3.05, 3.63) is 29.8 Å². The van der Waals surface area contributed by atoms with Crippen molar-refractivity contribution in [1.82, 2.24) is 4.90 Å². The van der Waals surface area contributed by atoms with Gasteiger partial charge in [-0.05, 0) is 38.1 Å². The molecule has 0 spiro atoms. The number of benzene rings is 1. The third-order valence-electron chi connectivity index (χ3n) is 3.28. The van der Waals surface area contributed by atoms with Crippen LogP contribution in [0, 0.1) is 0 Å². The highest BCUT2D eigenvalue weighted by Gasteiger charge is 2.15. The number of rotatable bonds is 4. The van der Waals surface area contributed by atoms with Crippen molar-refractivity contribution < 1.29 is 9.59 Å². The van der Waals surface area contributed by atoms with E-state index in [9.17, 15) is 9.59 Å². The molecule has 0 radical (unpaired) electrons. The summed E-state index contributed by atoms with van der Waals surface area (Å²) in [4.78, 5) is 25.3. The summed E-state index contributed by atoms with van der Waals surface area (Å²) < 4.78 is 0. The molecule has 1 fully saturated rings. The Morgan fingerprint density at radius 2 is 1.84 bits per heavy atom. The van der Waals surface area contributed by atoms with E-state index >= 15 is 0 Å². The first-order valence-corrected chi connectivity index (χ1v) is 6.58. The number of amides is 2. The van der Waals surface area contributed by atoms with Crippen molar-refractivity contribution in [3.8, 4) is 0 Å². The summed E-state index contributed by atoms with van der Waals surface area (Å²) in [6.45, 7) is 2.29. The lowest BCUT2D eigenvalue weighted by Gasteiger charge is -2.25. The Bertz CT molecular complexity index is 468. The van der Waals surface area contributed by atoms with Crippen molar-refractivity contribution >= 4 is 17.5 Å². The van der Waals surface area contributed by atoms with E-state index in [2.05, 4.69) is 10.2 Å². The lowest BCUT2D eigenvalue weighted by atomic mass is 10.1. The molecular weight excluding hydrogens is 242 g/mol. The number of nitrogens with one attached hydrogen (secondary N) is 1. The van der Waals surface area contributed by atoms with Gasteiger partial charge in [0.1, 0.15) is 0 Å². The molecule has 102 valence electrons. The van der Waals surface area contributed by atoms with Gasteiger partial charge in [-0.25, -0.2) is 0 Å². The van der Waals surface area contributed by atoms with Crippen molar-refractivity contribution in [2.75, 3.05) is 25.0 Å². The highest BCUT2D eigenvalue weighted by molar-refractivity contribution is 6.03. The fraction of sp³-hybridized carbons (Fsp3) is 0.429. The summed E-state index contributed by atoms with van der Waals surface area (Å²) in [6.07, 6.45) is 3.53. The maximum atomic E-state index is 12.0. The number of hydrogen-bond acceptors (Lipinski definition) is 3. The Kier molecular flexibility index (Phi) is 4.52. The van der Waals surface area contributed by atoms with Gasteiger partial charge >= 0.3 is 0 Å². The molecule has 0 aliphatic carbocycles. The van der Waals surface area contributed by atoms with Gasteiger partial charge in [-0.15, -0.1) is 0 Å². The molecule has 0 atom stereocenters. The molecule has 1 heterocycles. The van der Waals surface area contributed by atoms with Crippen LogP contribution in [-0.2, 0) is 4.79 Å². The quantitative estimate of drug-likeness (QED) is 0.855. The molecule has 2 rings (SSSR count). The average Bonchev–Trinajstić information content (AvgIpc) is 2.40. The van der Waals surface area contributed by atoms with E-state index in [1.54, 1.807) is 24.3 Å². The van der Waals surface area contributed by atoms with E-state index in [0.29, 0.717) is 17.8 Å². The van der Waals surface area contributed by atoms with E-state index in [0.717, 1.165) is 25.9 Å². The van der Waals surface area contributed by atoms with Gasteiger partial charge in [-0.2, -0.15) is 0 Å². The number of para-hydroxylation sites is 1. The SMILES string of the molecule is NC(=O)c1ccccc1NC(=O)CN1CCCCC1. The molecule has 0 unspecified atom stereocenters. The topological polar surface area (TPSA) is 75.4 Å². The molecular formula is C14H19N3O2. The van der Waals surface area contributed by atoms with Crippen molar-refractivity contribution in [2.24, 2.45) is 5.73 Å². The number of primary amides is 1. The summed E-state index contributed by atoms with van der Waals surface area (Å²) in [7, 11) is 0. The Morgan fingerprint density at radius 1 is 1.16 bits per heavy atom. The lowest BCUT2D eigenvalue weighted by molar-refractivity contribution is -0.117. The number of nitrogens with two attached hydrogens (primary N) is 1. The molecule has 5 heteroatoms. The summed E-state index contributed by atoms with van der Waals surface area (Å²) >= 11 is 0. The van der Waals surface area contributed by atoms with Crippen LogP contribution in [0.25, 0.3) is 0 Å². The second-order valence-corrected chi connectivity index (χ2v) is 4.79. The molecule has 1 aliphatic rings. The van der Waals surface area contributed by atoms with Gasteiger partial charge in [-0.1, -0.05) is 18.6 Å². The minimum Gasteiger partial charge on any atom is -0.366 e. The van der Waals surface area contributed by atoms with Gasteiger partial charge in [0.05, 0.1) is 17.8 Å². The number of nitrogens with zero attached hydrogens (tertiary/aromatic N) is 1. The number of carbonyl (C=O) groups is 2. The molecule has 1 aliphatic heterocycles. The highest BCUT2D eigenvalue weighted by atomic mass is 16.2. The number of piperidine rings is 1. The van der Waals surface area contributed by atoms with Crippen LogP contribution >= 0.6 is 0 Å². The molecule has 0 bridgehead atoms. The highest BCUT2D eigenvalue weighted by Crippen LogP contribution is 2.14. The third-order valence-corrected chi connectivity index (χ3v) is 3.28. The molecule has 1 aromatic carbocycles. The smallest absolute Gasteiger partial charge is 0.250 e. The standard InChI is InChI=1S/C14H19N3O2/c15-14(19)11-6-2-3-7-12(11)16-13(18)10-17-8-4-1-5-9-17/h2-3,6-7H,1,4-5,8-10H2,(H2,15,19)(H,16,18). The molecule has 1 saturated heterocycles. The van der Waals surface area contributed by atoms with Crippen molar-refractivity contribution in [3.63, 3.8) is 0 Å². The second-order valence-electron chi connectivity index (χ2n) is 4.79. The van der Waals surface area contributed by atoms with Gasteiger partial charge < -0.3 is 11.1 Å². The fourth-order valence-corrected chi connectivity index (χ4v) is 2.32. The lowest BCUT2D eigenvalue weighted by Crippen LogP contribution is -2.37. The van der Waals surface area contributed by atoms with Crippen LogP contribution in [0.3, 0.4) is 0 Å². The molecule has 3 N–H and O–H groups in total. The van der Waals surface area contributed by atoms with Crippen LogP contribution in [0.4, 0.5) is 5.69 Å². The maximum absolute atomic E-state index is 12.0.